The van der Waals surface area contributed by atoms with E-state index in [1.54, 1.807) is 0 Å². The van der Waals surface area contributed by atoms with Crippen LogP contribution in [0.2, 0.25) is 0 Å². The van der Waals surface area contributed by atoms with Gasteiger partial charge in [0, 0.05) is 6.61 Å². The largest absolute Gasteiger partial charge is 0.390 e. The number of aliphatic hydroxyl groups is 1. The van der Waals surface area contributed by atoms with Crippen LogP contribution in [0, 0.1) is 5.92 Å². The molecule has 90 valence electrons. The number of aliphatic hydroxyl groups excluding tert-OH is 1. The molecule has 2 nitrogen and oxygen atoms in total. The van der Waals surface area contributed by atoms with E-state index in [-0.39, 0.29) is 12.2 Å². The smallest absolute Gasteiger partial charge is 0.0834 e. The molecule has 1 aliphatic rings. The molecule has 0 amide bonds. The molecule has 1 saturated carbocycles. The summed E-state index contributed by atoms with van der Waals surface area (Å²) >= 11 is 0. The fraction of sp³-hybridized carbons (Fsp3) is 1.00. The van der Waals surface area contributed by atoms with Crippen LogP contribution >= 0.6 is 0 Å². The lowest BCUT2D eigenvalue weighted by Gasteiger charge is -2.20. The van der Waals surface area contributed by atoms with E-state index < -0.39 is 0 Å². The molecule has 0 bridgehead atoms. The monoisotopic (exact) mass is 214 g/mol. The van der Waals surface area contributed by atoms with Crippen LogP contribution in [0.15, 0.2) is 0 Å². The van der Waals surface area contributed by atoms with Gasteiger partial charge in [-0.2, -0.15) is 0 Å². The van der Waals surface area contributed by atoms with Gasteiger partial charge in [-0.1, -0.05) is 33.1 Å². The highest BCUT2D eigenvalue weighted by Gasteiger charge is 2.26. The summed E-state index contributed by atoms with van der Waals surface area (Å²) in [6.45, 7) is 5.31. The van der Waals surface area contributed by atoms with Crippen molar-refractivity contribution in [1.82, 2.24) is 0 Å². The van der Waals surface area contributed by atoms with E-state index in [2.05, 4.69) is 13.8 Å². The van der Waals surface area contributed by atoms with Crippen molar-refractivity contribution in [2.24, 2.45) is 5.92 Å². The Morgan fingerprint density at radius 2 is 2.13 bits per heavy atom. The summed E-state index contributed by atoms with van der Waals surface area (Å²) in [5.74, 6) is 0.692. The Labute approximate surface area is 94.0 Å². The van der Waals surface area contributed by atoms with Gasteiger partial charge in [-0.25, -0.2) is 0 Å². The first kappa shape index (κ1) is 13.0. The normalized spacial score (nSPS) is 28.2. The molecule has 0 saturated heterocycles. The summed E-state index contributed by atoms with van der Waals surface area (Å²) in [6, 6.07) is 0. The lowest BCUT2D eigenvalue weighted by Crippen LogP contribution is -2.25. The SMILES string of the molecule is CCCCC(CC)COC1CCCC1O. The van der Waals surface area contributed by atoms with E-state index in [9.17, 15) is 5.11 Å². The van der Waals surface area contributed by atoms with Crippen LogP contribution < -0.4 is 0 Å². The highest BCUT2D eigenvalue weighted by Crippen LogP contribution is 2.23. The molecule has 0 radical (unpaired) electrons. The van der Waals surface area contributed by atoms with E-state index >= 15 is 0 Å². The topological polar surface area (TPSA) is 29.5 Å². The van der Waals surface area contributed by atoms with Crippen LogP contribution in [0.4, 0.5) is 0 Å². The standard InChI is InChI=1S/C13H26O2/c1-3-5-7-11(4-2)10-15-13-9-6-8-12(13)14/h11-14H,3-10H2,1-2H3. The summed E-state index contributed by atoms with van der Waals surface area (Å²) in [5, 5.41) is 9.63. The molecule has 3 unspecified atom stereocenters. The number of rotatable bonds is 7. The van der Waals surface area contributed by atoms with Gasteiger partial charge < -0.3 is 9.84 Å². The third-order valence-corrected chi connectivity index (χ3v) is 3.51. The quantitative estimate of drug-likeness (QED) is 0.705. The van der Waals surface area contributed by atoms with Crippen LogP contribution in [0.5, 0.6) is 0 Å². The van der Waals surface area contributed by atoms with E-state index in [4.69, 9.17) is 4.74 Å². The maximum atomic E-state index is 9.63. The van der Waals surface area contributed by atoms with Crippen LogP contribution in [0.1, 0.15) is 58.8 Å². The Morgan fingerprint density at radius 1 is 1.33 bits per heavy atom. The molecule has 0 aromatic rings. The maximum Gasteiger partial charge on any atom is 0.0834 e. The molecule has 2 heteroatoms. The first-order valence-electron chi connectivity index (χ1n) is 6.57. The van der Waals surface area contributed by atoms with Gasteiger partial charge in [0.1, 0.15) is 0 Å². The van der Waals surface area contributed by atoms with Gasteiger partial charge in [0.05, 0.1) is 12.2 Å². The van der Waals surface area contributed by atoms with Crippen LogP contribution in [0.3, 0.4) is 0 Å². The third-order valence-electron chi connectivity index (χ3n) is 3.51. The molecule has 0 aliphatic heterocycles. The Morgan fingerprint density at radius 3 is 2.67 bits per heavy atom. The van der Waals surface area contributed by atoms with Crippen LogP contribution in [-0.2, 0) is 4.74 Å². The first-order valence-corrected chi connectivity index (χ1v) is 6.57. The highest BCUT2D eigenvalue weighted by atomic mass is 16.5. The number of ether oxygens (including phenoxy) is 1. The molecule has 0 aromatic heterocycles. The van der Waals surface area contributed by atoms with Gasteiger partial charge in [-0.15, -0.1) is 0 Å². The van der Waals surface area contributed by atoms with Gasteiger partial charge >= 0.3 is 0 Å². The van der Waals surface area contributed by atoms with Crippen molar-refractivity contribution in [2.45, 2.75) is 71.0 Å². The Balaban J connectivity index is 2.15. The molecule has 3 atom stereocenters. The maximum absolute atomic E-state index is 9.63. The second-order valence-electron chi connectivity index (χ2n) is 4.79. The van der Waals surface area contributed by atoms with Crippen molar-refractivity contribution in [3.63, 3.8) is 0 Å². The third kappa shape index (κ3) is 4.52. The van der Waals surface area contributed by atoms with Gasteiger partial charge in [0.15, 0.2) is 0 Å². The Hall–Kier alpha value is -0.0800. The minimum Gasteiger partial charge on any atom is -0.390 e. The molecule has 15 heavy (non-hydrogen) atoms. The summed E-state index contributed by atoms with van der Waals surface area (Å²) in [5.41, 5.74) is 0. The van der Waals surface area contributed by atoms with Crippen molar-refractivity contribution in [3.8, 4) is 0 Å². The first-order chi connectivity index (χ1) is 7.27. The Bertz CT molecular complexity index is 159. The van der Waals surface area contributed by atoms with Gasteiger partial charge in [0.25, 0.3) is 0 Å². The van der Waals surface area contributed by atoms with E-state index in [1.807, 2.05) is 0 Å². The van der Waals surface area contributed by atoms with Crippen molar-refractivity contribution >= 4 is 0 Å². The highest BCUT2D eigenvalue weighted by molar-refractivity contribution is 4.77. The molecule has 1 aliphatic carbocycles. The predicted octanol–water partition coefficient (Wildman–Crippen LogP) is 3.13. The van der Waals surface area contributed by atoms with Crippen LogP contribution in [0.25, 0.3) is 0 Å². The molecule has 1 fully saturated rings. The van der Waals surface area contributed by atoms with Gasteiger partial charge in [-0.05, 0) is 31.6 Å². The molecule has 0 aromatic carbocycles. The summed E-state index contributed by atoms with van der Waals surface area (Å²) in [4.78, 5) is 0. The zero-order chi connectivity index (χ0) is 11.1. The summed E-state index contributed by atoms with van der Waals surface area (Å²) < 4.78 is 5.82. The van der Waals surface area contributed by atoms with E-state index in [1.165, 1.54) is 25.7 Å². The van der Waals surface area contributed by atoms with Crippen LogP contribution in [-0.4, -0.2) is 23.9 Å². The average Bonchev–Trinajstić information content (AvgIpc) is 2.65. The lowest BCUT2D eigenvalue weighted by molar-refractivity contribution is -0.0337. The van der Waals surface area contributed by atoms with Crippen molar-refractivity contribution in [3.05, 3.63) is 0 Å². The van der Waals surface area contributed by atoms with E-state index in [0.717, 1.165) is 25.9 Å². The molecule has 1 N–H and O–H groups in total. The molecular weight excluding hydrogens is 188 g/mol. The summed E-state index contributed by atoms with van der Waals surface area (Å²) in [7, 11) is 0. The number of hydrogen-bond acceptors (Lipinski definition) is 2. The zero-order valence-corrected chi connectivity index (χ0v) is 10.2. The Kier molecular flexibility index (Phi) is 6.26. The van der Waals surface area contributed by atoms with E-state index in [0.29, 0.717) is 5.92 Å². The second kappa shape index (κ2) is 7.24. The van der Waals surface area contributed by atoms with Crippen molar-refractivity contribution < 1.29 is 9.84 Å². The van der Waals surface area contributed by atoms with Gasteiger partial charge in [0.2, 0.25) is 0 Å². The fourth-order valence-corrected chi connectivity index (χ4v) is 2.26. The molecular formula is C13H26O2. The van der Waals surface area contributed by atoms with Gasteiger partial charge in [-0.3, -0.25) is 0 Å². The number of hydrogen-bond donors (Lipinski definition) is 1. The summed E-state index contributed by atoms with van der Waals surface area (Å²) in [6.07, 6.45) is 8.06. The lowest BCUT2D eigenvalue weighted by atomic mass is 10.0. The van der Waals surface area contributed by atoms with Crippen molar-refractivity contribution in [2.75, 3.05) is 6.61 Å². The predicted molar refractivity (Wildman–Crippen MR) is 62.9 cm³/mol. The minimum atomic E-state index is -0.200. The molecule has 0 heterocycles. The minimum absolute atomic E-state index is 0.126. The number of unbranched alkanes of at least 4 members (excludes halogenated alkanes) is 1. The fourth-order valence-electron chi connectivity index (χ4n) is 2.26. The zero-order valence-electron chi connectivity index (χ0n) is 10.2. The van der Waals surface area contributed by atoms with Crippen molar-refractivity contribution in [1.29, 1.82) is 0 Å². The molecule has 1 rings (SSSR count). The molecule has 0 spiro atoms. The second-order valence-corrected chi connectivity index (χ2v) is 4.79. The average molecular weight is 214 g/mol.